The fourth-order valence-electron chi connectivity index (χ4n) is 3.33. The van der Waals surface area contributed by atoms with Gasteiger partial charge in [0.05, 0.1) is 5.41 Å². The molecule has 0 aliphatic heterocycles. The highest BCUT2D eigenvalue weighted by Gasteiger charge is 2.45. The molecule has 0 saturated heterocycles. The molecule has 1 heterocycles. The first kappa shape index (κ1) is 28.5. The van der Waals surface area contributed by atoms with E-state index in [0.717, 1.165) is 18.0 Å². The van der Waals surface area contributed by atoms with E-state index < -0.39 is 43.1 Å². The predicted octanol–water partition coefficient (Wildman–Crippen LogP) is 3.25. The highest BCUT2D eigenvalue weighted by molar-refractivity contribution is 7.50. The van der Waals surface area contributed by atoms with Gasteiger partial charge in [0, 0.05) is 30.6 Å². The van der Waals surface area contributed by atoms with Crippen LogP contribution in [0.1, 0.15) is 46.6 Å². The number of nitrogens with zero attached hydrogens (tertiary/aromatic N) is 1. The van der Waals surface area contributed by atoms with Crippen LogP contribution in [0, 0.1) is 11.3 Å². The number of rotatable bonds is 11. The third kappa shape index (κ3) is 7.38. The van der Waals surface area contributed by atoms with Crippen molar-refractivity contribution in [1.82, 2.24) is 15.1 Å². The van der Waals surface area contributed by atoms with Crippen LogP contribution in [0.15, 0.2) is 30.5 Å². The number of amides is 1. The quantitative estimate of drug-likeness (QED) is 0.262. The number of aliphatic carboxylic acids is 1. The summed E-state index contributed by atoms with van der Waals surface area (Å²) >= 11 is 0. The third-order valence-corrected chi connectivity index (χ3v) is 6.59. The monoisotopic (exact) mass is 511 g/mol. The molecule has 194 valence electrons. The molecular formula is C23H34N3O8P. The molecule has 0 fully saturated rings. The topological polar surface area (TPSA) is 158 Å². The Morgan fingerprint density at radius 1 is 1.20 bits per heavy atom. The minimum atomic E-state index is -4.75. The lowest BCUT2D eigenvalue weighted by Crippen LogP contribution is -2.52. The van der Waals surface area contributed by atoms with Gasteiger partial charge < -0.3 is 25.1 Å². The van der Waals surface area contributed by atoms with Gasteiger partial charge in [-0.3, -0.25) is 9.32 Å². The molecule has 0 spiro atoms. The molecular weight excluding hydrogens is 477 g/mol. The van der Waals surface area contributed by atoms with Crippen molar-refractivity contribution in [2.45, 2.75) is 59.5 Å². The first-order valence-corrected chi connectivity index (χ1v) is 12.7. The zero-order valence-corrected chi connectivity index (χ0v) is 21.7. The summed E-state index contributed by atoms with van der Waals surface area (Å²) in [6, 6.07) is 4.50. The molecule has 1 aromatic carbocycles. The number of carbonyl (C=O) groups is 3. The SMILES string of the molecule is COP(=O)(O)N(OC(=O)C(C)(C)C)[C@@H](CC(C)C)C(=O)N[C@@H](Cc1c[nH]c2ccccc12)C(=O)O. The highest BCUT2D eigenvalue weighted by atomic mass is 31.2. The van der Waals surface area contributed by atoms with Crippen LogP contribution in [-0.4, -0.2) is 56.9 Å². The molecule has 0 saturated carbocycles. The van der Waals surface area contributed by atoms with Crippen LogP contribution in [0.25, 0.3) is 10.9 Å². The zero-order valence-electron chi connectivity index (χ0n) is 20.8. The minimum Gasteiger partial charge on any atom is -0.480 e. The number of hydroxylamine groups is 1. The number of hydrogen-bond donors (Lipinski definition) is 4. The largest absolute Gasteiger partial charge is 0.480 e. The summed E-state index contributed by atoms with van der Waals surface area (Å²) in [6.07, 6.45) is 1.61. The summed E-state index contributed by atoms with van der Waals surface area (Å²) in [7, 11) is -3.81. The maximum atomic E-state index is 13.3. The Hall–Kier alpha value is -2.72. The summed E-state index contributed by atoms with van der Waals surface area (Å²) in [5, 5.41) is 13.1. The summed E-state index contributed by atoms with van der Waals surface area (Å²) in [5.41, 5.74) is 0.440. The zero-order chi connectivity index (χ0) is 26.6. The summed E-state index contributed by atoms with van der Waals surface area (Å²) in [4.78, 5) is 56.9. The second-order valence-corrected chi connectivity index (χ2v) is 11.5. The van der Waals surface area contributed by atoms with E-state index in [-0.39, 0.29) is 18.8 Å². The van der Waals surface area contributed by atoms with Gasteiger partial charge in [0.1, 0.15) is 12.1 Å². The van der Waals surface area contributed by atoms with Gasteiger partial charge in [-0.25, -0.2) is 14.2 Å². The van der Waals surface area contributed by atoms with Gasteiger partial charge in [-0.05, 0) is 49.6 Å². The van der Waals surface area contributed by atoms with Crippen LogP contribution in [-0.2, 0) is 34.7 Å². The van der Waals surface area contributed by atoms with E-state index in [4.69, 9.17) is 4.84 Å². The Morgan fingerprint density at radius 2 is 1.83 bits per heavy atom. The van der Waals surface area contributed by atoms with Crippen molar-refractivity contribution >= 4 is 36.5 Å². The summed E-state index contributed by atoms with van der Waals surface area (Å²) in [5.74, 6) is -3.22. The standard InChI is InChI=1S/C23H34N3O8P/c1-14(2)11-19(26(35(31,32)33-6)34-22(30)23(3,4)5)20(27)25-18(21(28)29)12-15-13-24-17-10-8-7-9-16(15)17/h7-10,13-14,18-19,24H,11-12H2,1-6H3,(H,25,27)(H,28,29)(H,31,32)/t18-,19-/m0/s1. The minimum absolute atomic E-state index is 0.0173. The van der Waals surface area contributed by atoms with E-state index >= 15 is 0 Å². The molecule has 0 aliphatic rings. The molecule has 1 amide bonds. The van der Waals surface area contributed by atoms with Crippen molar-refractivity contribution in [3.05, 3.63) is 36.0 Å². The molecule has 1 aromatic heterocycles. The van der Waals surface area contributed by atoms with Gasteiger partial charge in [-0.2, -0.15) is 0 Å². The molecule has 2 rings (SSSR count). The molecule has 35 heavy (non-hydrogen) atoms. The second-order valence-electron chi connectivity index (χ2n) is 9.71. The number of H-pyrrole nitrogens is 1. The van der Waals surface area contributed by atoms with E-state index in [9.17, 15) is 28.9 Å². The van der Waals surface area contributed by atoms with Crippen molar-refractivity contribution in [3.8, 4) is 0 Å². The number of carboxylic acid groups (broad SMARTS) is 1. The van der Waals surface area contributed by atoms with Gasteiger partial charge in [-0.15, -0.1) is 0 Å². The number of nitrogens with one attached hydrogen (secondary N) is 2. The van der Waals surface area contributed by atoms with Gasteiger partial charge in [0.15, 0.2) is 0 Å². The van der Waals surface area contributed by atoms with E-state index in [2.05, 4.69) is 14.8 Å². The number of carbonyl (C=O) groups excluding carboxylic acids is 2. The van der Waals surface area contributed by atoms with Gasteiger partial charge >= 0.3 is 19.7 Å². The normalized spacial score (nSPS) is 15.6. The lowest BCUT2D eigenvalue weighted by molar-refractivity contribution is -0.193. The lowest BCUT2D eigenvalue weighted by atomic mass is 9.98. The van der Waals surface area contributed by atoms with Crippen molar-refractivity contribution < 1.29 is 38.3 Å². The van der Waals surface area contributed by atoms with Gasteiger partial charge in [-0.1, -0.05) is 32.0 Å². The van der Waals surface area contributed by atoms with Gasteiger partial charge in [0.2, 0.25) is 5.91 Å². The molecule has 0 radical (unpaired) electrons. The number of benzene rings is 1. The van der Waals surface area contributed by atoms with Crippen LogP contribution in [0.3, 0.4) is 0 Å². The predicted molar refractivity (Wildman–Crippen MR) is 129 cm³/mol. The van der Waals surface area contributed by atoms with Crippen LogP contribution in [0.5, 0.6) is 0 Å². The lowest BCUT2D eigenvalue weighted by Gasteiger charge is -2.33. The van der Waals surface area contributed by atoms with Crippen molar-refractivity contribution in [1.29, 1.82) is 0 Å². The Morgan fingerprint density at radius 3 is 2.37 bits per heavy atom. The maximum Gasteiger partial charge on any atom is 0.438 e. The Balaban J connectivity index is 2.38. The average molecular weight is 512 g/mol. The second kappa shape index (κ2) is 11.3. The van der Waals surface area contributed by atoms with Crippen LogP contribution < -0.4 is 5.32 Å². The van der Waals surface area contributed by atoms with Crippen LogP contribution in [0.4, 0.5) is 0 Å². The first-order valence-electron chi connectivity index (χ1n) is 11.2. The van der Waals surface area contributed by atoms with E-state index in [0.29, 0.717) is 10.4 Å². The number of aromatic amines is 1. The van der Waals surface area contributed by atoms with Crippen molar-refractivity contribution in [2.24, 2.45) is 11.3 Å². The molecule has 1 unspecified atom stereocenters. The van der Waals surface area contributed by atoms with Crippen LogP contribution in [0.2, 0.25) is 0 Å². The molecule has 3 atom stereocenters. The fraction of sp³-hybridized carbons (Fsp3) is 0.522. The Labute approximate surface area is 204 Å². The van der Waals surface area contributed by atoms with E-state index in [1.807, 2.05) is 24.3 Å². The average Bonchev–Trinajstić information content (AvgIpc) is 3.17. The number of para-hydroxylation sites is 1. The summed E-state index contributed by atoms with van der Waals surface area (Å²) < 4.78 is 17.4. The van der Waals surface area contributed by atoms with Crippen molar-refractivity contribution in [3.63, 3.8) is 0 Å². The summed E-state index contributed by atoms with van der Waals surface area (Å²) in [6.45, 7) is 8.16. The molecule has 0 bridgehead atoms. The fourth-order valence-corrected chi connectivity index (χ4v) is 4.22. The Bertz CT molecular complexity index is 1110. The highest BCUT2D eigenvalue weighted by Crippen LogP contribution is 2.48. The Kier molecular flexibility index (Phi) is 9.24. The number of fused-ring (bicyclic) bond motifs is 1. The molecule has 12 heteroatoms. The molecule has 2 aromatic rings. The number of hydrogen-bond acceptors (Lipinski definition) is 6. The van der Waals surface area contributed by atoms with Crippen molar-refractivity contribution in [2.75, 3.05) is 7.11 Å². The molecule has 4 N–H and O–H groups in total. The molecule has 0 aliphatic carbocycles. The van der Waals surface area contributed by atoms with Gasteiger partial charge in [0.25, 0.3) is 0 Å². The molecule has 11 nitrogen and oxygen atoms in total. The number of aromatic nitrogens is 1. The smallest absolute Gasteiger partial charge is 0.438 e. The maximum absolute atomic E-state index is 13.3. The van der Waals surface area contributed by atoms with Crippen LogP contribution >= 0.6 is 7.75 Å². The number of carboxylic acids is 1. The van der Waals surface area contributed by atoms with E-state index in [1.54, 1.807) is 40.8 Å². The van der Waals surface area contributed by atoms with E-state index in [1.165, 1.54) is 0 Å². The first-order chi connectivity index (χ1) is 16.2. The third-order valence-electron chi connectivity index (χ3n) is 5.25.